The van der Waals surface area contributed by atoms with Crippen LogP contribution in [0.5, 0.6) is 0 Å². The number of pyridine rings is 1. The van der Waals surface area contributed by atoms with Crippen molar-refractivity contribution in [2.45, 2.75) is 40.5 Å². The first-order chi connectivity index (χ1) is 11.4. The Morgan fingerprint density at radius 3 is 2.67 bits per heavy atom. The Balaban J connectivity index is 2.50. The molecule has 2 N–H and O–H groups in total. The van der Waals surface area contributed by atoms with E-state index in [2.05, 4.69) is 18.8 Å². The second-order valence-corrected chi connectivity index (χ2v) is 6.59. The molecule has 2 atom stereocenters. The third kappa shape index (κ3) is 3.73. The van der Waals surface area contributed by atoms with Crippen LogP contribution in [0, 0.1) is 22.0 Å². The molecule has 2 unspecified atom stereocenters. The Kier molecular flexibility index (Phi) is 5.90. The number of rotatable bonds is 6. The maximum absolute atomic E-state index is 11.7. The molecule has 7 nitrogen and oxygen atoms in total. The van der Waals surface area contributed by atoms with Crippen molar-refractivity contribution in [3.8, 4) is 0 Å². The third-order valence-corrected chi connectivity index (χ3v) is 4.78. The highest BCUT2D eigenvalue weighted by Gasteiger charge is 2.39. The molecule has 0 fully saturated rings. The van der Waals surface area contributed by atoms with E-state index in [4.69, 9.17) is 5.73 Å². The van der Waals surface area contributed by atoms with Gasteiger partial charge in [-0.3, -0.25) is 25.7 Å². The predicted octanol–water partition coefficient (Wildman–Crippen LogP) is 2.24. The van der Waals surface area contributed by atoms with Gasteiger partial charge in [-0.15, -0.1) is 0 Å². The number of nitro groups is 1. The topological polar surface area (TPSA) is 88.5 Å². The van der Waals surface area contributed by atoms with E-state index >= 15 is 0 Å². The Morgan fingerprint density at radius 1 is 1.46 bits per heavy atom. The van der Waals surface area contributed by atoms with E-state index in [-0.39, 0.29) is 35.3 Å². The molecule has 1 aromatic rings. The van der Waals surface area contributed by atoms with Gasteiger partial charge in [0, 0.05) is 24.9 Å². The van der Waals surface area contributed by atoms with E-state index in [1.165, 1.54) is 0 Å². The van der Waals surface area contributed by atoms with Gasteiger partial charge in [-0.2, -0.15) is 0 Å². The summed E-state index contributed by atoms with van der Waals surface area (Å²) in [5, 5.41) is 11.7. The molecule has 0 amide bonds. The summed E-state index contributed by atoms with van der Waals surface area (Å²) in [6, 6.07) is 3.83. The Hall–Kier alpha value is -1.99. The Labute approximate surface area is 143 Å². The van der Waals surface area contributed by atoms with Crippen molar-refractivity contribution >= 4 is 0 Å². The summed E-state index contributed by atoms with van der Waals surface area (Å²) in [4.78, 5) is 19.5. The zero-order chi connectivity index (χ0) is 17.9. The first kappa shape index (κ1) is 18.4. The molecule has 1 aliphatic heterocycles. The van der Waals surface area contributed by atoms with Crippen molar-refractivity contribution in [2.75, 3.05) is 13.1 Å². The van der Waals surface area contributed by atoms with Crippen LogP contribution in [0.2, 0.25) is 0 Å². The van der Waals surface area contributed by atoms with Gasteiger partial charge < -0.3 is 4.90 Å². The minimum atomic E-state index is -0.380. The Bertz CT molecular complexity index is 602. The molecule has 132 valence electrons. The molecule has 0 radical (unpaired) electrons. The average Bonchev–Trinajstić information content (AvgIpc) is 2.56. The molecule has 7 heteroatoms. The van der Waals surface area contributed by atoms with Crippen molar-refractivity contribution in [1.29, 1.82) is 0 Å². The number of hydrogen-bond acceptors (Lipinski definition) is 6. The summed E-state index contributed by atoms with van der Waals surface area (Å²) in [5.41, 5.74) is 8.43. The molecular formula is C17H27N5O2. The normalized spacial score (nSPS) is 20.6. The highest BCUT2D eigenvalue weighted by molar-refractivity contribution is 5.19. The molecule has 0 aromatic carbocycles. The van der Waals surface area contributed by atoms with Crippen LogP contribution in [0.15, 0.2) is 35.9 Å². The van der Waals surface area contributed by atoms with E-state index in [1.54, 1.807) is 12.4 Å². The fourth-order valence-electron chi connectivity index (χ4n) is 3.03. The molecule has 1 aromatic heterocycles. The first-order valence-corrected chi connectivity index (χ1v) is 8.39. The van der Waals surface area contributed by atoms with Crippen molar-refractivity contribution in [3.63, 3.8) is 0 Å². The maximum Gasteiger partial charge on any atom is 0.279 e. The van der Waals surface area contributed by atoms with Crippen molar-refractivity contribution in [3.05, 3.63) is 51.6 Å². The summed E-state index contributed by atoms with van der Waals surface area (Å²) < 4.78 is 0. The molecule has 1 aliphatic rings. The lowest BCUT2D eigenvalue weighted by atomic mass is 9.91. The van der Waals surface area contributed by atoms with Crippen molar-refractivity contribution in [1.82, 2.24) is 14.8 Å². The van der Waals surface area contributed by atoms with Crippen LogP contribution in [0.3, 0.4) is 0 Å². The number of hydrogen-bond donors (Lipinski definition) is 1. The van der Waals surface area contributed by atoms with Crippen LogP contribution in [-0.4, -0.2) is 39.1 Å². The van der Waals surface area contributed by atoms with Crippen LogP contribution in [-0.2, 0) is 6.54 Å². The van der Waals surface area contributed by atoms with E-state index in [9.17, 15) is 10.1 Å². The highest BCUT2D eigenvalue weighted by atomic mass is 16.6. The number of likely N-dealkylation sites (N-methyl/N-ethyl adjacent to an activating group) is 1. The molecule has 2 heterocycles. The standard InChI is InChI=1S/C17H27N5O2/c1-5-20-11-15(22(23)24)16(13(4)12(2)3)21(17(20)18)10-14-7-6-8-19-9-14/h6-9,12-13,17H,5,10-11,18H2,1-4H3. The van der Waals surface area contributed by atoms with Crippen molar-refractivity contribution < 1.29 is 4.92 Å². The molecule has 0 spiro atoms. The largest absolute Gasteiger partial charge is 0.337 e. The summed E-state index contributed by atoms with van der Waals surface area (Å²) in [7, 11) is 0. The van der Waals surface area contributed by atoms with Gasteiger partial charge in [0.1, 0.15) is 6.29 Å². The van der Waals surface area contributed by atoms with Gasteiger partial charge in [-0.25, -0.2) is 0 Å². The second-order valence-electron chi connectivity index (χ2n) is 6.59. The van der Waals surface area contributed by atoms with E-state index in [0.29, 0.717) is 13.1 Å². The third-order valence-electron chi connectivity index (χ3n) is 4.78. The lowest BCUT2D eigenvalue weighted by Crippen LogP contribution is -2.58. The number of nitrogens with zero attached hydrogens (tertiary/aromatic N) is 4. The van der Waals surface area contributed by atoms with Gasteiger partial charge in [-0.05, 0) is 24.1 Å². The van der Waals surface area contributed by atoms with Crippen LogP contribution < -0.4 is 5.73 Å². The lowest BCUT2D eigenvalue weighted by Gasteiger charge is -2.44. The molecule has 0 aliphatic carbocycles. The SMILES string of the molecule is CCN1CC([N+](=O)[O-])=C(C(C)C(C)C)N(Cc2cccnc2)C1N. The first-order valence-electron chi connectivity index (χ1n) is 8.39. The van der Waals surface area contributed by atoms with Crippen LogP contribution in [0.25, 0.3) is 0 Å². The summed E-state index contributed by atoms with van der Waals surface area (Å²) in [6.07, 6.45) is 3.12. The molecule has 0 saturated heterocycles. The fraction of sp³-hybridized carbons (Fsp3) is 0.588. The zero-order valence-electron chi connectivity index (χ0n) is 14.8. The summed E-state index contributed by atoms with van der Waals surface area (Å²) in [5.74, 6) is 0.332. The van der Waals surface area contributed by atoms with Gasteiger partial charge in [0.05, 0.1) is 17.2 Å². The molecule has 0 bridgehead atoms. The fourth-order valence-corrected chi connectivity index (χ4v) is 3.03. The number of aromatic nitrogens is 1. The monoisotopic (exact) mass is 333 g/mol. The van der Waals surface area contributed by atoms with Crippen LogP contribution >= 0.6 is 0 Å². The molecule has 2 rings (SSSR count). The van der Waals surface area contributed by atoms with Gasteiger partial charge in [-0.1, -0.05) is 33.8 Å². The van der Waals surface area contributed by atoms with Crippen molar-refractivity contribution in [2.24, 2.45) is 17.6 Å². The molecule has 0 saturated carbocycles. The number of nitrogens with two attached hydrogens (primary N) is 1. The summed E-state index contributed by atoms with van der Waals surface area (Å²) >= 11 is 0. The van der Waals surface area contributed by atoms with Gasteiger partial charge in [0.25, 0.3) is 5.70 Å². The second kappa shape index (κ2) is 7.72. The molecular weight excluding hydrogens is 306 g/mol. The van der Waals surface area contributed by atoms with Gasteiger partial charge in [0.2, 0.25) is 0 Å². The van der Waals surface area contributed by atoms with Gasteiger partial charge >= 0.3 is 0 Å². The Morgan fingerprint density at radius 2 is 2.17 bits per heavy atom. The summed E-state index contributed by atoms with van der Waals surface area (Å²) in [6.45, 7) is 9.61. The minimum absolute atomic E-state index is 0.0483. The zero-order valence-corrected chi connectivity index (χ0v) is 14.8. The van der Waals surface area contributed by atoms with E-state index in [1.807, 2.05) is 35.8 Å². The van der Waals surface area contributed by atoms with Crippen LogP contribution in [0.1, 0.15) is 33.3 Å². The van der Waals surface area contributed by atoms with E-state index in [0.717, 1.165) is 11.3 Å². The lowest BCUT2D eigenvalue weighted by molar-refractivity contribution is -0.434. The quantitative estimate of drug-likeness (QED) is 0.634. The predicted molar refractivity (Wildman–Crippen MR) is 93.0 cm³/mol. The highest BCUT2D eigenvalue weighted by Crippen LogP contribution is 2.33. The van der Waals surface area contributed by atoms with Crippen LogP contribution in [0.4, 0.5) is 0 Å². The maximum atomic E-state index is 11.7. The van der Waals surface area contributed by atoms with E-state index < -0.39 is 0 Å². The van der Waals surface area contributed by atoms with Gasteiger partial charge in [0.15, 0.2) is 0 Å². The molecule has 24 heavy (non-hydrogen) atoms. The smallest absolute Gasteiger partial charge is 0.279 e. The minimum Gasteiger partial charge on any atom is -0.337 e. The average molecular weight is 333 g/mol. The number of allylic oxidation sites excluding steroid dienone is 1.